The molecule has 46 heavy (non-hydrogen) atoms. The van der Waals surface area contributed by atoms with Gasteiger partial charge in [-0.3, -0.25) is 4.79 Å². The number of carbonyl (C=O) groups is 3. The highest BCUT2D eigenvalue weighted by Gasteiger charge is 2.21. The molecular formula is C39H77N3O4. The highest BCUT2D eigenvalue weighted by molar-refractivity contribution is 5.83. The Kier molecular flexibility index (Phi) is 34.7. The average molecular weight is 652 g/mol. The van der Waals surface area contributed by atoms with Crippen molar-refractivity contribution in [3.63, 3.8) is 0 Å². The topological polar surface area (TPSA) is 96.5 Å². The molecule has 0 aliphatic rings. The molecule has 0 heterocycles. The lowest BCUT2D eigenvalue weighted by Gasteiger charge is -2.18. The molecule has 272 valence electrons. The maximum Gasteiger partial charge on any atom is 0.328 e. The number of urea groups is 1. The van der Waals surface area contributed by atoms with Gasteiger partial charge in [-0.05, 0) is 39.0 Å². The van der Waals surface area contributed by atoms with E-state index in [4.69, 9.17) is 4.74 Å². The van der Waals surface area contributed by atoms with Crippen LogP contribution in [0, 0.1) is 0 Å². The van der Waals surface area contributed by atoms with Crippen molar-refractivity contribution >= 4 is 17.9 Å². The third kappa shape index (κ3) is 32.2. The molecule has 0 aromatic carbocycles. The second-order valence-corrected chi connectivity index (χ2v) is 13.4. The number of rotatable bonds is 35. The van der Waals surface area contributed by atoms with Gasteiger partial charge >= 0.3 is 12.0 Å². The second kappa shape index (κ2) is 36.1. The molecule has 3 amide bonds. The summed E-state index contributed by atoms with van der Waals surface area (Å²) in [7, 11) is 0. The number of amides is 3. The van der Waals surface area contributed by atoms with E-state index in [2.05, 4.69) is 29.8 Å². The van der Waals surface area contributed by atoms with Crippen molar-refractivity contribution in [2.24, 2.45) is 0 Å². The molecule has 0 fully saturated rings. The lowest BCUT2D eigenvalue weighted by molar-refractivity contribution is -0.145. The van der Waals surface area contributed by atoms with Gasteiger partial charge in [-0.25, -0.2) is 9.59 Å². The molecule has 0 unspecified atom stereocenters. The first-order chi connectivity index (χ1) is 22.5. The zero-order valence-corrected chi connectivity index (χ0v) is 30.8. The molecule has 0 rings (SSSR count). The van der Waals surface area contributed by atoms with E-state index in [1.807, 2.05) is 0 Å². The van der Waals surface area contributed by atoms with Crippen molar-refractivity contribution in [2.45, 2.75) is 213 Å². The van der Waals surface area contributed by atoms with Crippen LogP contribution in [0.1, 0.15) is 207 Å². The summed E-state index contributed by atoms with van der Waals surface area (Å²) >= 11 is 0. The Morgan fingerprint density at radius 1 is 0.478 bits per heavy atom. The van der Waals surface area contributed by atoms with Gasteiger partial charge in [0.25, 0.3) is 0 Å². The fourth-order valence-electron chi connectivity index (χ4n) is 5.96. The highest BCUT2D eigenvalue weighted by atomic mass is 16.5. The minimum Gasteiger partial charge on any atom is -0.464 e. The Labute approximate surface area is 285 Å². The fraction of sp³-hybridized carbons (Fsp3) is 0.923. The molecule has 7 heteroatoms. The number of esters is 1. The van der Waals surface area contributed by atoms with Crippen molar-refractivity contribution in [1.82, 2.24) is 16.0 Å². The number of ether oxygens (including phenoxy) is 1. The fourth-order valence-corrected chi connectivity index (χ4v) is 5.96. The summed E-state index contributed by atoms with van der Waals surface area (Å²) < 4.78 is 5.18. The third-order valence-corrected chi connectivity index (χ3v) is 8.94. The van der Waals surface area contributed by atoms with E-state index in [0.717, 1.165) is 38.5 Å². The summed E-state index contributed by atoms with van der Waals surface area (Å²) in [6, 6.07) is -0.975. The highest BCUT2D eigenvalue weighted by Crippen LogP contribution is 2.14. The van der Waals surface area contributed by atoms with Crippen LogP contribution in [0.5, 0.6) is 0 Å². The molecular weight excluding hydrogens is 574 g/mol. The molecule has 0 spiro atoms. The van der Waals surface area contributed by atoms with Gasteiger partial charge in [0.1, 0.15) is 6.04 Å². The summed E-state index contributed by atoms with van der Waals surface area (Å²) in [5, 5.41) is 8.70. The smallest absolute Gasteiger partial charge is 0.328 e. The van der Waals surface area contributed by atoms with E-state index in [1.54, 1.807) is 6.92 Å². The van der Waals surface area contributed by atoms with Gasteiger partial charge < -0.3 is 20.7 Å². The summed E-state index contributed by atoms with van der Waals surface area (Å²) in [5.41, 5.74) is 0. The molecule has 0 saturated heterocycles. The van der Waals surface area contributed by atoms with E-state index in [9.17, 15) is 14.4 Å². The number of hydrogen-bond acceptors (Lipinski definition) is 4. The lowest BCUT2D eigenvalue weighted by atomic mass is 10.0. The van der Waals surface area contributed by atoms with E-state index in [0.29, 0.717) is 25.9 Å². The number of unbranched alkanes of at least 4 members (excludes halogenated alkanes) is 24. The molecule has 1 atom stereocenters. The van der Waals surface area contributed by atoms with Crippen LogP contribution in [0.25, 0.3) is 0 Å². The standard InChI is InChI=1S/C39H77N3O4/c1-4-7-9-11-13-15-16-17-18-19-20-21-23-25-27-30-35-41-39(45)42-36(38(44)46-6-3)32-29-31-34-40-37(43)33-28-26-24-22-14-12-10-8-5-2/h36H,4-35H2,1-3H3,(H,40,43)(H2,41,42,45)/t36-/m0/s1. The van der Waals surface area contributed by atoms with Crippen LogP contribution >= 0.6 is 0 Å². The van der Waals surface area contributed by atoms with Crippen LogP contribution in [-0.4, -0.2) is 43.6 Å². The van der Waals surface area contributed by atoms with Gasteiger partial charge in [0.05, 0.1) is 6.61 Å². The first-order valence-electron chi connectivity index (χ1n) is 20.0. The Morgan fingerprint density at radius 3 is 1.33 bits per heavy atom. The maximum absolute atomic E-state index is 12.4. The van der Waals surface area contributed by atoms with E-state index < -0.39 is 12.0 Å². The van der Waals surface area contributed by atoms with Crippen molar-refractivity contribution in [1.29, 1.82) is 0 Å². The molecule has 7 nitrogen and oxygen atoms in total. The Bertz CT molecular complexity index is 688. The van der Waals surface area contributed by atoms with E-state index >= 15 is 0 Å². The largest absolute Gasteiger partial charge is 0.464 e. The maximum atomic E-state index is 12.4. The summed E-state index contributed by atoms with van der Waals surface area (Å²) in [6.45, 7) is 7.79. The first kappa shape index (κ1) is 44.2. The molecule has 0 aliphatic heterocycles. The van der Waals surface area contributed by atoms with Crippen LogP contribution in [0.3, 0.4) is 0 Å². The summed E-state index contributed by atoms with van der Waals surface area (Å²) in [6.07, 6.45) is 34.9. The molecule has 0 saturated carbocycles. The Hall–Kier alpha value is -1.79. The van der Waals surface area contributed by atoms with E-state index in [-0.39, 0.29) is 18.5 Å². The molecule has 0 bridgehead atoms. The van der Waals surface area contributed by atoms with Gasteiger partial charge in [-0.15, -0.1) is 0 Å². The van der Waals surface area contributed by atoms with Crippen LogP contribution in [-0.2, 0) is 14.3 Å². The van der Waals surface area contributed by atoms with Gasteiger partial charge in [0.15, 0.2) is 0 Å². The monoisotopic (exact) mass is 652 g/mol. The zero-order valence-electron chi connectivity index (χ0n) is 30.8. The minimum atomic E-state index is -0.664. The number of carbonyl (C=O) groups excluding carboxylic acids is 3. The van der Waals surface area contributed by atoms with Gasteiger partial charge in [0, 0.05) is 19.5 Å². The molecule has 0 aromatic heterocycles. The SMILES string of the molecule is CCCCCCCCCCCCCCCCCCNC(=O)N[C@@H](CCCCNC(=O)CCCCCCCCCCC)C(=O)OCC. The zero-order chi connectivity index (χ0) is 33.8. The Morgan fingerprint density at radius 2 is 0.870 bits per heavy atom. The summed E-state index contributed by atoms with van der Waals surface area (Å²) in [5.74, 6) is -0.286. The van der Waals surface area contributed by atoms with Crippen molar-refractivity contribution in [3.8, 4) is 0 Å². The van der Waals surface area contributed by atoms with Gasteiger partial charge in [-0.1, -0.05) is 162 Å². The molecule has 0 aromatic rings. The molecule has 0 aliphatic carbocycles. The molecule has 0 radical (unpaired) electrons. The quantitative estimate of drug-likeness (QED) is 0.0469. The Balaban J connectivity index is 3.79. The van der Waals surface area contributed by atoms with E-state index in [1.165, 1.54) is 135 Å². The lowest BCUT2D eigenvalue weighted by Crippen LogP contribution is -2.47. The predicted octanol–water partition coefficient (Wildman–Crippen LogP) is 10.7. The average Bonchev–Trinajstić information content (AvgIpc) is 3.04. The van der Waals surface area contributed by atoms with Crippen LogP contribution in [0.4, 0.5) is 4.79 Å². The first-order valence-corrected chi connectivity index (χ1v) is 20.0. The predicted molar refractivity (Wildman–Crippen MR) is 195 cm³/mol. The number of nitrogens with one attached hydrogen (secondary N) is 3. The second-order valence-electron chi connectivity index (χ2n) is 13.4. The van der Waals surface area contributed by atoms with Gasteiger partial charge in [-0.2, -0.15) is 0 Å². The third-order valence-electron chi connectivity index (χ3n) is 8.94. The van der Waals surface area contributed by atoms with Crippen molar-refractivity contribution in [3.05, 3.63) is 0 Å². The number of hydrogen-bond donors (Lipinski definition) is 3. The minimum absolute atomic E-state index is 0.108. The van der Waals surface area contributed by atoms with Crippen molar-refractivity contribution in [2.75, 3.05) is 19.7 Å². The van der Waals surface area contributed by atoms with Crippen molar-refractivity contribution < 1.29 is 19.1 Å². The van der Waals surface area contributed by atoms with Crippen LogP contribution in [0.15, 0.2) is 0 Å². The summed E-state index contributed by atoms with van der Waals surface area (Å²) in [4.78, 5) is 37.0. The van der Waals surface area contributed by atoms with Gasteiger partial charge in [0.2, 0.25) is 5.91 Å². The van der Waals surface area contributed by atoms with Crippen LogP contribution < -0.4 is 16.0 Å². The molecule has 3 N–H and O–H groups in total. The normalized spacial score (nSPS) is 11.7. The van der Waals surface area contributed by atoms with Crippen LogP contribution in [0.2, 0.25) is 0 Å².